The van der Waals surface area contributed by atoms with Gasteiger partial charge in [0.1, 0.15) is 5.78 Å². The van der Waals surface area contributed by atoms with E-state index in [0.29, 0.717) is 19.3 Å². The lowest BCUT2D eigenvalue weighted by molar-refractivity contribution is -0.254. The maximum atomic E-state index is 14.7. The normalized spacial score (nSPS) is 39.3. The van der Waals surface area contributed by atoms with Crippen LogP contribution in [0.3, 0.4) is 0 Å². The Labute approximate surface area is 252 Å². The number of aliphatic hydroxyl groups is 3. The zero-order valence-corrected chi connectivity index (χ0v) is 24.9. The van der Waals surface area contributed by atoms with Gasteiger partial charge in [0, 0.05) is 49.2 Å². The van der Waals surface area contributed by atoms with Crippen molar-refractivity contribution in [1.29, 1.82) is 0 Å². The summed E-state index contributed by atoms with van der Waals surface area (Å²) in [6, 6.07) is 19.6. The molecule has 8 rings (SSSR count). The third-order valence-corrected chi connectivity index (χ3v) is 12.4. The number of Topliss-reactive ketones (excluding diaryl/α,β-unsaturated/α-hetero) is 1. The van der Waals surface area contributed by atoms with Crippen molar-refractivity contribution in [3.63, 3.8) is 0 Å². The molecule has 5 aliphatic carbocycles. The number of hydrogen-bond acceptors (Lipinski definition) is 5. The van der Waals surface area contributed by atoms with E-state index < -0.39 is 28.6 Å². The van der Waals surface area contributed by atoms with Crippen molar-refractivity contribution in [3.8, 4) is 0 Å². The van der Waals surface area contributed by atoms with Crippen LogP contribution in [0.4, 0.5) is 0 Å². The number of aliphatic hydroxyl groups excluding tert-OH is 2. The Bertz CT molecular complexity index is 1720. The molecule has 5 nitrogen and oxygen atoms in total. The highest BCUT2D eigenvalue weighted by atomic mass is 16.6. The average Bonchev–Trinajstić information content (AvgIpc) is 3.35. The largest absolute Gasteiger partial charge is 0.396 e. The van der Waals surface area contributed by atoms with Crippen LogP contribution in [0.25, 0.3) is 10.8 Å². The Morgan fingerprint density at radius 2 is 1.86 bits per heavy atom. The second-order valence-corrected chi connectivity index (χ2v) is 14.2. The summed E-state index contributed by atoms with van der Waals surface area (Å²) in [5.41, 5.74) is 4.59. The van der Waals surface area contributed by atoms with Crippen molar-refractivity contribution in [2.45, 2.75) is 62.8 Å². The molecule has 3 aromatic carbocycles. The van der Waals surface area contributed by atoms with Crippen LogP contribution in [0.5, 0.6) is 0 Å². The first-order chi connectivity index (χ1) is 20.6. The van der Waals surface area contributed by atoms with Gasteiger partial charge in [-0.25, -0.2) is 0 Å². The SMILES string of the molecule is C=C1[C@H]2[C@H](CO)C[C@]3(C(=O)CCc4cccc(c4)[C@H]4C=C[C@@H]5Cc6cc7ccc(cc7cc6[C@H]4[C@H]5O)C[C@]13C)[C@@]2(O)OC. The molecule has 0 saturated heterocycles. The second kappa shape index (κ2) is 9.21. The van der Waals surface area contributed by atoms with E-state index in [0.717, 1.165) is 39.5 Å². The monoisotopic (exact) mass is 576 g/mol. The van der Waals surface area contributed by atoms with Crippen LogP contribution >= 0.6 is 0 Å². The van der Waals surface area contributed by atoms with Gasteiger partial charge in [-0.05, 0) is 70.2 Å². The van der Waals surface area contributed by atoms with E-state index in [-0.39, 0.29) is 42.5 Å². The van der Waals surface area contributed by atoms with Gasteiger partial charge in [0.25, 0.3) is 0 Å². The van der Waals surface area contributed by atoms with Gasteiger partial charge in [-0.2, -0.15) is 0 Å². The van der Waals surface area contributed by atoms with Gasteiger partial charge >= 0.3 is 0 Å². The van der Waals surface area contributed by atoms with Crippen LogP contribution in [0, 0.1) is 28.6 Å². The van der Waals surface area contributed by atoms with E-state index in [9.17, 15) is 20.1 Å². The minimum Gasteiger partial charge on any atom is -0.396 e. The van der Waals surface area contributed by atoms with Crippen LogP contribution in [-0.4, -0.2) is 46.7 Å². The van der Waals surface area contributed by atoms with Gasteiger partial charge < -0.3 is 20.1 Å². The first-order valence-electron chi connectivity index (χ1n) is 15.8. The van der Waals surface area contributed by atoms with Gasteiger partial charge in [0.15, 0.2) is 5.79 Å². The maximum absolute atomic E-state index is 14.7. The Morgan fingerprint density at radius 1 is 1.02 bits per heavy atom. The van der Waals surface area contributed by atoms with E-state index in [1.165, 1.54) is 18.2 Å². The smallest absolute Gasteiger partial charge is 0.185 e. The summed E-state index contributed by atoms with van der Waals surface area (Å²) in [4.78, 5) is 14.7. The number of ketones is 1. The highest BCUT2D eigenvalue weighted by Gasteiger charge is 2.80. The van der Waals surface area contributed by atoms with Gasteiger partial charge in [-0.3, -0.25) is 4.79 Å². The number of fused-ring (bicyclic) bond motifs is 6. The Hall–Kier alpha value is -3.09. The molecular formula is C38H40O5. The third-order valence-electron chi connectivity index (χ3n) is 12.4. The lowest BCUT2D eigenvalue weighted by Crippen LogP contribution is -2.56. The fourth-order valence-corrected chi connectivity index (χ4v) is 10.3. The predicted molar refractivity (Wildman–Crippen MR) is 166 cm³/mol. The molecule has 5 aliphatic rings. The van der Waals surface area contributed by atoms with Gasteiger partial charge in [-0.1, -0.05) is 85.8 Å². The summed E-state index contributed by atoms with van der Waals surface area (Å²) >= 11 is 0. The standard InChI is InChI=1S/C38H40O5/c1-21-34-29(20-39)19-37(38(34,42)43-3)32(40)12-8-22-5-4-6-25(13-22)30-11-10-26-16-28-15-24-9-7-23(18-36(21,37)2)14-27(24)17-31(28)33(30)35(26)41/h4-7,9-11,13-15,17,26,29-30,33-35,39,41-42H,1,8,12,16,18-20H2,2-3H3/t26-,29+,30-,33+,34+,35+,36-,37-,38+/m1/s1. The van der Waals surface area contributed by atoms with Crippen LogP contribution in [-0.2, 0) is 28.8 Å². The summed E-state index contributed by atoms with van der Waals surface area (Å²) in [7, 11) is 1.48. The summed E-state index contributed by atoms with van der Waals surface area (Å²) in [6.45, 7) is 6.44. The number of allylic oxidation sites excluding steroid dienone is 1. The minimum atomic E-state index is -1.74. The highest BCUT2D eigenvalue weighted by Crippen LogP contribution is 2.74. The van der Waals surface area contributed by atoms with E-state index in [1.54, 1.807) is 0 Å². The summed E-state index contributed by atoms with van der Waals surface area (Å²) in [5, 5.41) is 36.5. The van der Waals surface area contributed by atoms with Crippen molar-refractivity contribution in [2.24, 2.45) is 28.6 Å². The lowest BCUT2D eigenvalue weighted by Gasteiger charge is -2.48. The molecular weight excluding hydrogens is 536 g/mol. The molecule has 1 spiro atoms. The molecule has 0 aliphatic heterocycles. The number of carbonyl (C=O) groups is 1. The number of hydrogen-bond donors (Lipinski definition) is 3. The molecule has 0 unspecified atom stereocenters. The van der Waals surface area contributed by atoms with E-state index in [1.807, 2.05) is 0 Å². The van der Waals surface area contributed by atoms with E-state index in [4.69, 9.17) is 4.74 Å². The zero-order valence-electron chi connectivity index (χ0n) is 24.9. The molecule has 43 heavy (non-hydrogen) atoms. The van der Waals surface area contributed by atoms with Crippen LogP contribution < -0.4 is 0 Å². The molecule has 9 bridgehead atoms. The molecule has 2 fully saturated rings. The summed E-state index contributed by atoms with van der Waals surface area (Å²) in [6.07, 6.45) is 6.53. The predicted octanol–water partition coefficient (Wildman–Crippen LogP) is 5.39. The quantitative estimate of drug-likeness (QED) is 0.281. The summed E-state index contributed by atoms with van der Waals surface area (Å²) in [5.74, 6) is -2.48. The molecule has 5 heteroatoms. The number of methoxy groups -OCH3 is 1. The van der Waals surface area contributed by atoms with Crippen LogP contribution in [0.1, 0.15) is 59.4 Å². The van der Waals surface area contributed by atoms with Crippen molar-refractivity contribution in [3.05, 3.63) is 107 Å². The van der Waals surface area contributed by atoms with Gasteiger partial charge in [-0.15, -0.1) is 0 Å². The van der Waals surface area contributed by atoms with E-state index in [2.05, 4.69) is 80.3 Å². The minimum absolute atomic E-state index is 0.0325. The number of carbonyl (C=O) groups excluding carboxylic acids is 1. The zero-order chi connectivity index (χ0) is 29.9. The first kappa shape index (κ1) is 27.5. The topological polar surface area (TPSA) is 87.0 Å². The number of rotatable bonds is 2. The third kappa shape index (κ3) is 3.40. The fourth-order valence-electron chi connectivity index (χ4n) is 10.3. The number of benzene rings is 3. The first-order valence-corrected chi connectivity index (χ1v) is 15.8. The second-order valence-electron chi connectivity index (χ2n) is 14.2. The molecule has 222 valence electrons. The maximum Gasteiger partial charge on any atom is 0.185 e. The highest BCUT2D eigenvalue weighted by molar-refractivity contribution is 5.90. The molecule has 0 amide bonds. The molecule has 0 heterocycles. The van der Waals surface area contributed by atoms with Crippen molar-refractivity contribution >= 4 is 16.6 Å². The molecule has 0 aromatic heterocycles. The van der Waals surface area contributed by atoms with Gasteiger partial charge in [0.05, 0.1) is 11.5 Å². The number of aryl methyl sites for hydroxylation is 1. The Kier molecular flexibility index (Phi) is 5.88. The van der Waals surface area contributed by atoms with Crippen LogP contribution in [0.15, 0.2) is 78.9 Å². The Morgan fingerprint density at radius 3 is 2.65 bits per heavy atom. The fraction of sp³-hybridized carbons (Fsp3) is 0.447. The molecule has 3 N–H and O–H groups in total. The van der Waals surface area contributed by atoms with E-state index >= 15 is 0 Å². The van der Waals surface area contributed by atoms with Crippen molar-refractivity contribution in [1.82, 2.24) is 0 Å². The van der Waals surface area contributed by atoms with Crippen LogP contribution in [0.2, 0.25) is 0 Å². The molecule has 9 atom stereocenters. The molecule has 0 radical (unpaired) electrons. The van der Waals surface area contributed by atoms with Gasteiger partial charge in [0.2, 0.25) is 0 Å². The molecule has 2 saturated carbocycles. The lowest BCUT2D eigenvalue weighted by atomic mass is 9.55. The summed E-state index contributed by atoms with van der Waals surface area (Å²) < 4.78 is 5.93. The van der Waals surface area contributed by atoms with Crippen molar-refractivity contribution in [2.75, 3.05) is 13.7 Å². The molecule has 3 aromatic rings. The number of ether oxygens (including phenoxy) is 1. The van der Waals surface area contributed by atoms with Crippen molar-refractivity contribution < 1.29 is 24.9 Å². The Balaban J connectivity index is 1.36. The average molecular weight is 577 g/mol.